The summed E-state index contributed by atoms with van der Waals surface area (Å²) in [5.74, 6) is -0.391. The van der Waals surface area contributed by atoms with Crippen molar-refractivity contribution in [3.8, 4) is 22.6 Å². The SMILES string of the molecule is Cc1ccc(-c2nn(-c3ccccc3)cc2C(=O)Nc2c(C)n(C)n(-c3ccccc3)c2=O)c(C)c1. The first kappa shape index (κ1) is 23.1. The third-order valence-corrected chi connectivity index (χ3v) is 6.41. The van der Waals surface area contributed by atoms with E-state index in [0.29, 0.717) is 17.0 Å². The van der Waals surface area contributed by atoms with Crippen molar-refractivity contribution in [2.45, 2.75) is 20.8 Å². The molecule has 180 valence electrons. The molecule has 5 rings (SSSR count). The smallest absolute Gasteiger partial charge is 0.295 e. The van der Waals surface area contributed by atoms with Crippen molar-refractivity contribution in [3.63, 3.8) is 0 Å². The van der Waals surface area contributed by atoms with Gasteiger partial charge in [0.25, 0.3) is 11.5 Å². The van der Waals surface area contributed by atoms with Gasteiger partial charge in [-0.2, -0.15) is 5.10 Å². The van der Waals surface area contributed by atoms with Crippen LogP contribution in [0.4, 0.5) is 5.69 Å². The number of carbonyl (C=O) groups excluding carboxylic acids is 1. The lowest BCUT2D eigenvalue weighted by Crippen LogP contribution is -2.23. The molecule has 36 heavy (non-hydrogen) atoms. The largest absolute Gasteiger partial charge is 0.316 e. The Labute approximate surface area is 209 Å². The lowest BCUT2D eigenvalue weighted by atomic mass is 10.0. The third kappa shape index (κ3) is 4.05. The molecule has 3 aromatic carbocycles. The van der Waals surface area contributed by atoms with E-state index < -0.39 is 5.91 Å². The highest BCUT2D eigenvalue weighted by Crippen LogP contribution is 2.28. The first-order valence-corrected chi connectivity index (χ1v) is 11.7. The van der Waals surface area contributed by atoms with Crippen LogP contribution in [0.2, 0.25) is 0 Å². The van der Waals surface area contributed by atoms with Crippen molar-refractivity contribution in [1.29, 1.82) is 0 Å². The maximum atomic E-state index is 13.7. The second kappa shape index (κ2) is 9.19. The van der Waals surface area contributed by atoms with Gasteiger partial charge in [0.15, 0.2) is 0 Å². The van der Waals surface area contributed by atoms with E-state index in [1.807, 2.05) is 93.6 Å². The summed E-state index contributed by atoms with van der Waals surface area (Å²) in [5.41, 5.74) is 6.13. The molecule has 0 aliphatic heterocycles. The number of hydrogen-bond donors (Lipinski definition) is 1. The van der Waals surface area contributed by atoms with Crippen LogP contribution in [0.5, 0.6) is 0 Å². The van der Waals surface area contributed by atoms with Crippen LogP contribution >= 0.6 is 0 Å². The molecule has 7 heteroatoms. The van der Waals surface area contributed by atoms with E-state index in [2.05, 4.69) is 11.4 Å². The summed E-state index contributed by atoms with van der Waals surface area (Å²) < 4.78 is 4.98. The Morgan fingerprint density at radius 2 is 1.50 bits per heavy atom. The van der Waals surface area contributed by atoms with Crippen molar-refractivity contribution in [2.75, 3.05) is 5.32 Å². The fourth-order valence-corrected chi connectivity index (χ4v) is 4.42. The molecule has 2 heterocycles. The first-order valence-electron chi connectivity index (χ1n) is 11.7. The lowest BCUT2D eigenvalue weighted by Gasteiger charge is -2.08. The molecule has 0 aliphatic carbocycles. The molecule has 7 nitrogen and oxygen atoms in total. The number of carbonyl (C=O) groups is 1. The van der Waals surface area contributed by atoms with Crippen LogP contribution in [0.1, 0.15) is 27.2 Å². The number of amides is 1. The van der Waals surface area contributed by atoms with E-state index in [4.69, 9.17) is 5.10 Å². The van der Waals surface area contributed by atoms with Crippen molar-refractivity contribution in [1.82, 2.24) is 19.1 Å². The van der Waals surface area contributed by atoms with Crippen molar-refractivity contribution >= 4 is 11.6 Å². The Morgan fingerprint density at radius 3 is 2.14 bits per heavy atom. The monoisotopic (exact) mass is 477 g/mol. The van der Waals surface area contributed by atoms with Gasteiger partial charge in [0, 0.05) is 18.8 Å². The normalized spacial score (nSPS) is 11.0. The van der Waals surface area contributed by atoms with Gasteiger partial charge in [-0.15, -0.1) is 0 Å². The lowest BCUT2D eigenvalue weighted by molar-refractivity contribution is 0.102. The van der Waals surface area contributed by atoms with Crippen molar-refractivity contribution in [2.24, 2.45) is 7.05 Å². The zero-order valence-electron chi connectivity index (χ0n) is 20.7. The molecular weight excluding hydrogens is 450 g/mol. The fourth-order valence-electron chi connectivity index (χ4n) is 4.42. The number of rotatable bonds is 5. The Bertz CT molecular complexity index is 1630. The summed E-state index contributed by atoms with van der Waals surface area (Å²) in [5, 5.41) is 7.67. The Balaban J connectivity index is 1.60. The predicted octanol–water partition coefficient (Wildman–Crippen LogP) is 5.21. The molecule has 0 fully saturated rings. The van der Waals surface area contributed by atoms with E-state index >= 15 is 0 Å². The van der Waals surface area contributed by atoms with Crippen LogP contribution in [0.3, 0.4) is 0 Å². The number of aromatic nitrogens is 4. The van der Waals surface area contributed by atoms with Crippen LogP contribution in [0.25, 0.3) is 22.6 Å². The topological polar surface area (TPSA) is 73.8 Å². The van der Waals surface area contributed by atoms with Gasteiger partial charge in [0.05, 0.1) is 22.6 Å². The van der Waals surface area contributed by atoms with Gasteiger partial charge >= 0.3 is 0 Å². The summed E-state index contributed by atoms with van der Waals surface area (Å²) in [4.78, 5) is 27.0. The first-order chi connectivity index (χ1) is 17.3. The van der Waals surface area contributed by atoms with Gasteiger partial charge in [-0.25, -0.2) is 9.36 Å². The summed E-state index contributed by atoms with van der Waals surface area (Å²) >= 11 is 0. The molecule has 0 atom stereocenters. The molecule has 2 aromatic heterocycles. The zero-order valence-corrected chi connectivity index (χ0v) is 20.7. The van der Waals surface area contributed by atoms with Crippen LogP contribution in [0, 0.1) is 20.8 Å². The molecular formula is C29H27N5O2. The summed E-state index contributed by atoms with van der Waals surface area (Å²) in [7, 11) is 1.80. The van der Waals surface area contributed by atoms with Crippen molar-refractivity contribution < 1.29 is 4.79 Å². The van der Waals surface area contributed by atoms with Crippen LogP contribution in [-0.4, -0.2) is 25.1 Å². The van der Waals surface area contributed by atoms with Gasteiger partial charge in [0.2, 0.25) is 0 Å². The average Bonchev–Trinajstić information content (AvgIpc) is 3.41. The van der Waals surface area contributed by atoms with Gasteiger partial charge in [-0.3, -0.25) is 14.3 Å². The van der Waals surface area contributed by atoms with E-state index in [1.54, 1.807) is 27.3 Å². The molecule has 1 amide bonds. The molecule has 0 spiro atoms. The maximum Gasteiger partial charge on any atom is 0.295 e. The van der Waals surface area contributed by atoms with Gasteiger partial charge < -0.3 is 5.32 Å². The van der Waals surface area contributed by atoms with Crippen LogP contribution in [-0.2, 0) is 7.05 Å². The highest BCUT2D eigenvalue weighted by atomic mass is 16.2. The number of nitrogens with one attached hydrogen (secondary N) is 1. The minimum absolute atomic E-state index is 0.241. The molecule has 0 bridgehead atoms. The van der Waals surface area contributed by atoms with E-state index in [9.17, 15) is 9.59 Å². The minimum Gasteiger partial charge on any atom is -0.316 e. The fraction of sp³-hybridized carbons (Fsp3) is 0.138. The highest BCUT2D eigenvalue weighted by molar-refractivity contribution is 6.08. The molecule has 0 saturated carbocycles. The van der Waals surface area contributed by atoms with E-state index in [-0.39, 0.29) is 11.2 Å². The number of para-hydroxylation sites is 2. The number of hydrogen-bond acceptors (Lipinski definition) is 3. The Kier molecular flexibility index (Phi) is 5.90. The van der Waals surface area contributed by atoms with Crippen LogP contribution in [0.15, 0.2) is 89.9 Å². The van der Waals surface area contributed by atoms with E-state index in [1.165, 1.54) is 0 Å². The highest BCUT2D eigenvalue weighted by Gasteiger charge is 2.24. The Morgan fingerprint density at radius 1 is 0.861 bits per heavy atom. The number of aryl methyl sites for hydroxylation is 2. The zero-order chi connectivity index (χ0) is 25.4. The summed E-state index contributed by atoms with van der Waals surface area (Å²) in [6.07, 6.45) is 1.72. The van der Waals surface area contributed by atoms with Crippen molar-refractivity contribution in [3.05, 3.63) is 118 Å². The standard InChI is InChI=1S/C29H27N5O2/c1-19-15-16-24(20(2)17-19)27-25(18-33(31-27)22-11-7-5-8-12-22)28(35)30-26-21(3)32(4)34(29(26)36)23-13-9-6-10-14-23/h5-18H,1-4H3,(H,30,35). The second-order valence-electron chi connectivity index (χ2n) is 8.88. The predicted molar refractivity (Wildman–Crippen MR) is 142 cm³/mol. The second-order valence-corrected chi connectivity index (χ2v) is 8.88. The average molecular weight is 478 g/mol. The third-order valence-electron chi connectivity index (χ3n) is 6.41. The molecule has 0 aliphatic rings. The number of nitrogens with zero attached hydrogens (tertiary/aromatic N) is 4. The molecule has 1 N–H and O–H groups in total. The molecule has 0 unspecified atom stereocenters. The number of benzene rings is 3. The number of anilines is 1. The Hall–Kier alpha value is -4.65. The van der Waals surface area contributed by atoms with E-state index in [0.717, 1.165) is 28.1 Å². The molecule has 0 radical (unpaired) electrons. The molecule has 0 saturated heterocycles. The quantitative estimate of drug-likeness (QED) is 0.378. The van der Waals surface area contributed by atoms with Gasteiger partial charge in [-0.1, -0.05) is 60.2 Å². The summed E-state index contributed by atoms with van der Waals surface area (Å²) in [6.45, 7) is 5.85. The van der Waals surface area contributed by atoms with Gasteiger partial charge in [0.1, 0.15) is 11.4 Å². The van der Waals surface area contributed by atoms with Gasteiger partial charge in [-0.05, 0) is 50.6 Å². The maximum absolute atomic E-state index is 13.7. The van der Waals surface area contributed by atoms with Crippen LogP contribution < -0.4 is 10.9 Å². The summed E-state index contributed by atoms with van der Waals surface area (Å²) in [6, 6.07) is 25.0. The minimum atomic E-state index is -0.391. The molecule has 5 aromatic rings.